The zero-order valence-electron chi connectivity index (χ0n) is 28.6. The molecule has 0 aromatic heterocycles. The maximum Gasteiger partial charge on any atom is 2.00 e. The number of unbranched alkanes of at least 4 members (excludes halogenated alkanes) is 20. The SMILES string of the molecule is CCCCCCCCCCCCC(O)CCCCC(=O)[O-].CCCCCCCCCCCCC(O)CCCCC(=O)[O-].[Zn+2]. The topological polar surface area (TPSA) is 121 Å². The summed E-state index contributed by atoms with van der Waals surface area (Å²) in [5.41, 5.74) is 0. The van der Waals surface area contributed by atoms with Crippen molar-refractivity contribution < 1.29 is 49.5 Å². The molecule has 0 aromatic carbocycles. The van der Waals surface area contributed by atoms with Crippen LogP contribution in [0.3, 0.4) is 0 Å². The molecule has 0 aliphatic rings. The number of aliphatic carboxylic acids is 2. The standard InChI is InChI=1S/2C18H36O3.Zn/c2*1-2-3-4-5-6-7-8-9-10-11-14-17(19)15-12-13-16-18(20)21;/h2*17,19H,2-16H2,1H3,(H,20,21);/q;;+2/p-2. The van der Waals surface area contributed by atoms with Gasteiger partial charge in [0.2, 0.25) is 0 Å². The molecule has 0 aliphatic carbocycles. The maximum absolute atomic E-state index is 10.2. The first-order valence-corrected chi connectivity index (χ1v) is 18.1. The average molecular weight is 664 g/mol. The number of carbonyl (C=O) groups is 2. The predicted molar refractivity (Wildman–Crippen MR) is 172 cm³/mol. The Hall–Kier alpha value is -0.517. The van der Waals surface area contributed by atoms with Gasteiger partial charge in [-0.1, -0.05) is 155 Å². The van der Waals surface area contributed by atoms with E-state index in [1.807, 2.05) is 0 Å². The smallest absolute Gasteiger partial charge is 0.550 e. The van der Waals surface area contributed by atoms with E-state index in [1.54, 1.807) is 0 Å². The molecule has 252 valence electrons. The van der Waals surface area contributed by atoms with Crippen molar-refractivity contribution in [2.75, 3.05) is 0 Å². The number of aliphatic hydroxyl groups excluding tert-OH is 2. The number of hydrogen-bond donors (Lipinski definition) is 2. The first-order valence-electron chi connectivity index (χ1n) is 18.1. The molecule has 2 N–H and O–H groups in total. The largest absolute Gasteiger partial charge is 2.00 e. The normalized spacial score (nSPS) is 12.2. The van der Waals surface area contributed by atoms with Gasteiger partial charge in [-0.25, -0.2) is 0 Å². The van der Waals surface area contributed by atoms with Crippen molar-refractivity contribution in [3.8, 4) is 0 Å². The third-order valence-corrected chi connectivity index (χ3v) is 8.12. The van der Waals surface area contributed by atoms with Crippen LogP contribution in [0.4, 0.5) is 0 Å². The molecular weight excluding hydrogens is 594 g/mol. The second-order valence-corrected chi connectivity index (χ2v) is 12.5. The molecular formula is C36H70O6Zn. The summed E-state index contributed by atoms with van der Waals surface area (Å²) in [4.78, 5) is 20.5. The summed E-state index contributed by atoms with van der Waals surface area (Å²) in [5, 5.41) is 40.0. The molecule has 0 amide bonds. The van der Waals surface area contributed by atoms with E-state index in [4.69, 9.17) is 0 Å². The van der Waals surface area contributed by atoms with Crippen LogP contribution >= 0.6 is 0 Å². The van der Waals surface area contributed by atoms with Crippen molar-refractivity contribution in [1.29, 1.82) is 0 Å². The minimum atomic E-state index is -0.987. The minimum Gasteiger partial charge on any atom is -0.550 e. The number of rotatable bonds is 32. The summed E-state index contributed by atoms with van der Waals surface area (Å²) in [7, 11) is 0. The van der Waals surface area contributed by atoms with Crippen LogP contribution in [0.2, 0.25) is 0 Å². The molecule has 43 heavy (non-hydrogen) atoms. The van der Waals surface area contributed by atoms with Crippen LogP contribution in [0, 0.1) is 0 Å². The average Bonchev–Trinajstić information content (AvgIpc) is 2.95. The minimum absolute atomic E-state index is 0. The Balaban J connectivity index is -0.000000727. The molecule has 2 unspecified atom stereocenters. The van der Waals surface area contributed by atoms with Crippen LogP contribution in [0.15, 0.2) is 0 Å². The predicted octanol–water partition coefficient (Wildman–Crippen LogP) is 7.93. The van der Waals surface area contributed by atoms with E-state index in [2.05, 4.69) is 13.8 Å². The Morgan fingerprint density at radius 3 is 0.860 bits per heavy atom. The van der Waals surface area contributed by atoms with Gasteiger partial charge in [0.15, 0.2) is 0 Å². The number of carboxylic acid groups (broad SMARTS) is 2. The van der Waals surface area contributed by atoms with Gasteiger partial charge in [-0.3, -0.25) is 0 Å². The van der Waals surface area contributed by atoms with Gasteiger partial charge in [0.25, 0.3) is 0 Å². The Morgan fingerprint density at radius 1 is 0.419 bits per heavy atom. The van der Waals surface area contributed by atoms with Crippen molar-refractivity contribution >= 4 is 11.9 Å². The third-order valence-electron chi connectivity index (χ3n) is 8.12. The summed E-state index contributed by atoms with van der Waals surface area (Å²) in [6, 6.07) is 0. The molecule has 6 nitrogen and oxygen atoms in total. The number of carboxylic acids is 2. The van der Waals surface area contributed by atoms with Crippen molar-refractivity contribution in [3.05, 3.63) is 0 Å². The Bertz CT molecular complexity index is 512. The number of aliphatic hydroxyl groups is 2. The summed E-state index contributed by atoms with van der Waals surface area (Å²) in [5.74, 6) is -1.97. The van der Waals surface area contributed by atoms with Gasteiger partial charge >= 0.3 is 19.5 Å². The zero-order chi connectivity index (χ0) is 31.5. The van der Waals surface area contributed by atoms with Crippen LogP contribution < -0.4 is 10.2 Å². The number of carbonyl (C=O) groups excluding carboxylic acids is 2. The van der Waals surface area contributed by atoms with Crippen molar-refractivity contribution in [2.45, 2.75) is 219 Å². The molecule has 0 saturated heterocycles. The molecule has 0 rings (SSSR count). The fourth-order valence-corrected chi connectivity index (χ4v) is 5.32. The van der Waals surface area contributed by atoms with E-state index >= 15 is 0 Å². The molecule has 0 bridgehead atoms. The maximum atomic E-state index is 10.2. The molecule has 0 saturated carbocycles. The van der Waals surface area contributed by atoms with Crippen molar-refractivity contribution in [1.82, 2.24) is 0 Å². The molecule has 0 aliphatic heterocycles. The van der Waals surface area contributed by atoms with Gasteiger partial charge in [-0.15, -0.1) is 0 Å². The van der Waals surface area contributed by atoms with Crippen LogP contribution in [0.25, 0.3) is 0 Å². The van der Waals surface area contributed by atoms with Crippen LogP contribution in [-0.2, 0) is 29.1 Å². The van der Waals surface area contributed by atoms with Crippen LogP contribution in [0.5, 0.6) is 0 Å². The fraction of sp³-hybridized carbons (Fsp3) is 0.944. The van der Waals surface area contributed by atoms with Crippen LogP contribution in [0.1, 0.15) is 206 Å². The molecule has 0 spiro atoms. The fourth-order valence-electron chi connectivity index (χ4n) is 5.32. The van der Waals surface area contributed by atoms with Gasteiger partial charge in [0, 0.05) is 11.9 Å². The van der Waals surface area contributed by atoms with Gasteiger partial charge in [0.1, 0.15) is 0 Å². The Morgan fingerprint density at radius 2 is 0.628 bits per heavy atom. The molecule has 2 atom stereocenters. The van der Waals surface area contributed by atoms with E-state index in [0.717, 1.165) is 51.4 Å². The van der Waals surface area contributed by atoms with E-state index < -0.39 is 11.9 Å². The van der Waals surface area contributed by atoms with Crippen molar-refractivity contribution in [2.24, 2.45) is 0 Å². The first-order chi connectivity index (χ1) is 20.3. The zero-order valence-corrected chi connectivity index (χ0v) is 31.6. The monoisotopic (exact) mass is 662 g/mol. The van der Waals surface area contributed by atoms with Gasteiger partial charge in [-0.05, 0) is 51.4 Å². The Kier molecular flexibility index (Phi) is 43.1. The summed E-state index contributed by atoms with van der Waals surface area (Å²) < 4.78 is 0. The van der Waals surface area contributed by atoms with Crippen molar-refractivity contribution in [3.63, 3.8) is 0 Å². The quantitative estimate of drug-likeness (QED) is 0.0557. The van der Waals surface area contributed by atoms with E-state index in [-0.39, 0.29) is 44.5 Å². The first kappa shape index (κ1) is 46.9. The summed E-state index contributed by atoms with van der Waals surface area (Å²) in [6.45, 7) is 4.50. The van der Waals surface area contributed by atoms with E-state index in [9.17, 15) is 30.0 Å². The second kappa shape index (κ2) is 39.5. The molecule has 0 aromatic rings. The second-order valence-electron chi connectivity index (χ2n) is 12.5. The molecule has 0 heterocycles. The van der Waals surface area contributed by atoms with E-state index in [1.165, 1.54) is 116 Å². The third kappa shape index (κ3) is 46.0. The van der Waals surface area contributed by atoms with Gasteiger partial charge < -0.3 is 30.0 Å². The molecule has 0 radical (unpaired) electrons. The Labute approximate surface area is 279 Å². The van der Waals surface area contributed by atoms with Gasteiger partial charge in [0.05, 0.1) is 12.2 Å². The molecule has 0 fully saturated rings. The van der Waals surface area contributed by atoms with E-state index in [0.29, 0.717) is 12.8 Å². The number of hydrogen-bond acceptors (Lipinski definition) is 6. The summed E-state index contributed by atoms with van der Waals surface area (Å²) in [6.07, 6.45) is 32.0. The van der Waals surface area contributed by atoms with Crippen LogP contribution in [-0.4, -0.2) is 34.4 Å². The van der Waals surface area contributed by atoms with Gasteiger partial charge in [-0.2, -0.15) is 0 Å². The summed E-state index contributed by atoms with van der Waals surface area (Å²) >= 11 is 0. The molecule has 7 heteroatoms.